The second-order valence-electron chi connectivity index (χ2n) is 8.86. The van der Waals surface area contributed by atoms with Gasteiger partial charge in [0, 0.05) is 17.0 Å². The van der Waals surface area contributed by atoms with Crippen molar-refractivity contribution in [2.75, 3.05) is 11.4 Å². The lowest BCUT2D eigenvalue weighted by molar-refractivity contribution is -0.133. The van der Waals surface area contributed by atoms with Crippen molar-refractivity contribution in [3.8, 4) is 11.1 Å². The Labute approximate surface area is 195 Å². The van der Waals surface area contributed by atoms with Gasteiger partial charge in [0.05, 0.1) is 5.69 Å². The third kappa shape index (κ3) is 5.30. The van der Waals surface area contributed by atoms with Gasteiger partial charge in [0.1, 0.15) is 10.5 Å². The molecule has 2 heterocycles. The maximum Gasteiger partial charge on any atom is 0.426 e. The molecule has 0 spiro atoms. The van der Waals surface area contributed by atoms with E-state index in [2.05, 4.69) is 0 Å². The number of thiophene rings is 1. The fourth-order valence-electron chi connectivity index (χ4n) is 3.75. The van der Waals surface area contributed by atoms with Gasteiger partial charge >= 0.3 is 12.3 Å². The molecule has 3 nitrogen and oxygen atoms in total. The Kier molecular flexibility index (Phi) is 6.10. The second-order valence-corrected chi connectivity index (χ2v) is 9.94. The van der Waals surface area contributed by atoms with Crippen LogP contribution in [0.15, 0.2) is 54.6 Å². The summed E-state index contributed by atoms with van der Waals surface area (Å²) >= 11 is 0.734. The number of hydrogen-bond donors (Lipinski definition) is 0. The Morgan fingerprint density at radius 1 is 1.03 bits per heavy atom. The fraction of sp³-hybridized carbons (Fsp3) is 0.269. The van der Waals surface area contributed by atoms with Crippen LogP contribution in [0.5, 0.6) is 0 Å². The predicted molar refractivity (Wildman–Crippen MR) is 127 cm³/mol. The van der Waals surface area contributed by atoms with Gasteiger partial charge < -0.3 is 4.74 Å². The Hall–Kier alpha value is -3.06. The van der Waals surface area contributed by atoms with Gasteiger partial charge in [-0.05, 0) is 68.2 Å². The Morgan fingerprint density at radius 2 is 1.76 bits per heavy atom. The molecule has 0 atom stereocenters. The van der Waals surface area contributed by atoms with Gasteiger partial charge in [-0.15, -0.1) is 11.3 Å². The van der Waals surface area contributed by atoms with Crippen LogP contribution in [0.2, 0.25) is 0 Å². The number of halogens is 3. The molecule has 1 aliphatic heterocycles. The lowest BCUT2D eigenvalue weighted by atomic mass is 10.1. The largest absolute Gasteiger partial charge is 0.443 e. The number of anilines is 1. The molecule has 0 saturated carbocycles. The van der Waals surface area contributed by atoms with E-state index in [0.29, 0.717) is 23.4 Å². The molecule has 33 heavy (non-hydrogen) atoms. The van der Waals surface area contributed by atoms with E-state index in [9.17, 15) is 18.0 Å². The van der Waals surface area contributed by atoms with Crippen LogP contribution in [0.25, 0.3) is 23.3 Å². The molecular weight excluding hydrogens is 447 g/mol. The number of fused-ring (bicyclic) bond motifs is 1. The summed E-state index contributed by atoms with van der Waals surface area (Å²) in [6.45, 7) is 6.02. The Balaban J connectivity index is 1.57. The highest BCUT2D eigenvalue weighted by Gasteiger charge is 2.36. The van der Waals surface area contributed by atoms with Crippen molar-refractivity contribution in [2.24, 2.45) is 0 Å². The predicted octanol–water partition coefficient (Wildman–Crippen LogP) is 7.90. The van der Waals surface area contributed by atoms with E-state index in [1.807, 2.05) is 39.0 Å². The average Bonchev–Trinajstić information content (AvgIpc) is 3.36. The zero-order valence-electron chi connectivity index (χ0n) is 18.6. The summed E-state index contributed by atoms with van der Waals surface area (Å²) in [6.07, 6.45) is -0.589. The molecule has 0 aliphatic carbocycles. The molecule has 7 heteroatoms. The molecule has 3 aromatic rings. The minimum Gasteiger partial charge on any atom is -0.443 e. The van der Waals surface area contributed by atoms with Crippen molar-refractivity contribution in [1.82, 2.24) is 0 Å². The summed E-state index contributed by atoms with van der Waals surface area (Å²) < 4.78 is 46.3. The average molecular weight is 472 g/mol. The summed E-state index contributed by atoms with van der Waals surface area (Å²) in [6, 6.07) is 15.9. The van der Waals surface area contributed by atoms with Crippen molar-refractivity contribution >= 4 is 35.3 Å². The number of alkyl halides is 3. The third-order valence-corrected chi connectivity index (χ3v) is 6.29. The fourth-order valence-corrected chi connectivity index (χ4v) is 4.70. The molecule has 0 unspecified atom stereocenters. The topological polar surface area (TPSA) is 29.5 Å². The first kappa shape index (κ1) is 23.1. The van der Waals surface area contributed by atoms with Crippen molar-refractivity contribution in [3.63, 3.8) is 0 Å². The van der Waals surface area contributed by atoms with Crippen molar-refractivity contribution in [1.29, 1.82) is 0 Å². The van der Waals surface area contributed by atoms with E-state index in [0.717, 1.165) is 28.2 Å². The quantitative estimate of drug-likeness (QED) is 0.389. The van der Waals surface area contributed by atoms with E-state index in [1.54, 1.807) is 53.5 Å². The molecule has 0 saturated heterocycles. The van der Waals surface area contributed by atoms with Gasteiger partial charge in [0.2, 0.25) is 0 Å². The summed E-state index contributed by atoms with van der Waals surface area (Å²) in [4.78, 5) is 14.0. The molecule has 172 valence electrons. The van der Waals surface area contributed by atoms with E-state index < -0.39 is 16.7 Å². The third-order valence-electron chi connectivity index (χ3n) is 5.15. The van der Waals surface area contributed by atoms with Crippen LogP contribution in [0, 0.1) is 0 Å². The highest BCUT2D eigenvalue weighted by atomic mass is 32.1. The lowest BCUT2D eigenvalue weighted by Gasteiger charge is -2.24. The first-order valence-corrected chi connectivity index (χ1v) is 11.4. The van der Waals surface area contributed by atoms with Crippen molar-refractivity contribution < 1.29 is 22.7 Å². The number of amides is 1. The van der Waals surface area contributed by atoms with Gasteiger partial charge in [-0.3, -0.25) is 4.90 Å². The minimum absolute atomic E-state index is 0.190. The molecular formula is C26H24F3NO2S. The van der Waals surface area contributed by atoms with E-state index in [1.165, 1.54) is 0 Å². The molecule has 0 radical (unpaired) electrons. The van der Waals surface area contributed by atoms with Crippen LogP contribution >= 0.6 is 11.3 Å². The van der Waals surface area contributed by atoms with Crippen molar-refractivity contribution in [3.05, 3.63) is 75.5 Å². The summed E-state index contributed by atoms with van der Waals surface area (Å²) in [7, 11) is 0. The minimum atomic E-state index is -4.42. The standard InChI is InChI=1S/C26H24F3NO2S/c1-25(2,3)32-24(31)30-14-13-19-15-17(10-12-22(19)30)9-11-20-16-21(18-7-5-4-6-8-18)23(33-20)26(27,28)29/h4-12,15-16H,13-14H2,1-3H3. The maximum atomic E-state index is 13.6. The molecule has 2 aromatic carbocycles. The SMILES string of the molecule is CC(C)(C)OC(=O)N1CCc2cc(C=Cc3cc(-c4ccccc4)c(C(F)(F)F)s3)ccc21. The van der Waals surface area contributed by atoms with Crippen LogP contribution in [0.1, 0.15) is 41.7 Å². The van der Waals surface area contributed by atoms with E-state index in [4.69, 9.17) is 4.74 Å². The number of ether oxygens (including phenoxy) is 1. The van der Waals surface area contributed by atoms with Gasteiger partial charge in [-0.1, -0.05) is 42.5 Å². The van der Waals surface area contributed by atoms with Gasteiger partial charge in [0.25, 0.3) is 0 Å². The molecule has 1 aliphatic rings. The molecule has 1 aromatic heterocycles. The summed E-state index contributed by atoms with van der Waals surface area (Å²) in [5.74, 6) is 0. The first-order chi connectivity index (χ1) is 15.5. The Morgan fingerprint density at radius 3 is 2.42 bits per heavy atom. The lowest BCUT2D eigenvalue weighted by Crippen LogP contribution is -2.35. The van der Waals surface area contributed by atoms with Crippen LogP contribution in [-0.4, -0.2) is 18.2 Å². The van der Waals surface area contributed by atoms with Gasteiger partial charge in [-0.2, -0.15) is 13.2 Å². The zero-order valence-corrected chi connectivity index (χ0v) is 19.4. The Bertz CT molecular complexity index is 1190. The van der Waals surface area contributed by atoms with Gasteiger partial charge in [0.15, 0.2) is 0 Å². The highest BCUT2D eigenvalue weighted by molar-refractivity contribution is 7.13. The molecule has 4 rings (SSSR count). The number of carbonyl (C=O) groups is 1. The number of benzene rings is 2. The highest BCUT2D eigenvalue weighted by Crippen LogP contribution is 2.43. The number of rotatable bonds is 3. The number of carbonyl (C=O) groups excluding carboxylic acids is 1. The van der Waals surface area contributed by atoms with Crippen molar-refractivity contribution in [2.45, 2.75) is 39.0 Å². The maximum absolute atomic E-state index is 13.6. The summed E-state index contributed by atoms with van der Waals surface area (Å²) in [5.41, 5.74) is 2.84. The zero-order chi connectivity index (χ0) is 23.8. The van der Waals surface area contributed by atoms with Crippen LogP contribution in [-0.2, 0) is 17.3 Å². The van der Waals surface area contributed by atoms with Crippen LogP contribution in [0.3, 0.4) is 0 Å². The first-order valence-electron chi connectivity index (χ1n) is 10.6. The molecule has 1 amide bonds. The monoisotopic (exact) mass is 471 g/mol. The number of hydrogen-bond acceptors (Lipinski definition) is 3. The van der Waals surface area contributed by atoms with E-state index in [-0.39, 0.29) is 11.7 Å². The number of nitrogens with zero attached hydrogens (tertiary/aromatic N) is 1. The van der Waals surface area contributed by atoms with Crippen LogP contribution < -0.4 is 4.90 Å². The normalized spacial score (nSPS) is 14.1. The molecule has 0 bridgehead atoms. The molecule has 0 N–H and O–H groups in total. The van der Waals surface area contributed by atoms with E-state index >= 15 is 0 Å². The van der Waals surface area contributed by atoms with Crippen LogP contribution in [0.4, 0.5) is 23.7 Å². The smallest absolute Gasteiger partial charge is 0.426 e. The second kappa shape index (κ2) is 8.71. The molecule has 0 fully saturated rings. The summed E-state index contributed by atoms with van der Waals surface area (Å²) in [5, 5.41) is 0. The van der Waals surface area contributed by atoms with Gasteiger partial charge in [-0.25, -0.2) is 4.79 Å².